The zero-order chi connectivity index (χ0) is 10.3. The predicted molar refractivity (Wildman–Crippen MR) is 55.0 cm³/mol. The molecule has 1 aromatic rings. The second-order valence-electron chi connectivity index (χ2n) is 3.10. The average molecular weight is 233 g/mol. The number of rotatable bonds is 0. The maximum absolute atomic E-state index is 11.5. The average Bonchev–Trinajstić information content (AvgIpc) is 2.08. The fourth-order valence-electron chi connectivity index (χ4n) is 1.32. The summed E-state index contributed by atoms with van der Waals surface area (Å²) in [5, 5.41) is 3.47. The van der Waals surface area contributed by atoms with Gasteiger partial charge in [-0.05, 0) is 24.6 Å². The first-order valence-electron chi connectivity index (χ1n) is 4.04. The van der Waals surface area contributed by atoms with Crippen molar-refractivity contribution in [2.45, 2.75) is 11.8 Å². The van der Waals surface area contributed by atoms with Gasteiger partial charge in [0.05, 0.1) is 12.4 Å². The van der Waals surface area contributed by atoms with E-state index in [0.717, 1.165) is 5.56 Å². The van der Waals surface area contributed by atoms with E-state index in [-0.39, 0.29) is 11.6 Å². The molecule has 1 aliphatic rings. The predicted octanol–water partition coefficient (Wildman–Crippen LogP) is 1.31. The molecule has 0 fully saturated rings. The number of halogens is 1. The van der Waals surface area contributed by atoms with Gasteiger partial charge in [0.1, 0.15) is 4.90 Å². The van der Waals surface area contributed by atoms with Crippen LogP contribution in [0.15, 0.2) is 17.0 Å². The van der Waals surface area contributed by atoms with Gasteiger partial charge in [-0.3, -0.25) is 0 Å². The molecule has 0 unspecified atom stereocenters. The SMILES string of the molecule is Cc1cc2c(cc1Cl)NCNS2(=O)=O. The topological polar surface area (TPSA) is 58.2 Å². The Kier molecular flexibility index (Phi) is 2.17. The minimum Gasteiger partial charge on any atom is -0.370 e. The van der Waals surface area contributed by atoms with Gasteiger partial charge in [0, 0.05) is 5.02 Å². The van der Waals surface area contributed by atoms with Crippen molar-refractivity contribution < 1.29 is 8.42 Å². The lowest BCUT2D eigenvalue weighted by Gasteiger charge is -2.20. The van der Waals surface area contributed by atoms with Crippen LogP contribution in [0.3, 0.4) is 0 Å². The lowest BCUT2D eigenvalue weighted by molar-refractivity contribution is 0.581. The molecule has 14 heavy (non-hydrogen) atoms. The Labute approximate surface area is 87.3 Å². The Morgan fingerprint density at radius 1 is 1.43 bits per heavy atom. The Morgan fingerprint density at radius 2 is 2.14 bits per heavy atom. The van der Waals surface area contributed by atoms with Crippen molar-refractivity contribution in [2.75, 3.05) is 12.0 Å². The third kappa shape index (κ3) is 1.47. The van der Waals surface area contributed by atoms with Gasteiger partial charge in [0.25, 0.3) is 0 Å². The highest BCUT2D eigenvalue weighted by atomic mass is 35.5. The van der Waals surface area contributed by atoms with Crippen molar-refractivity contribution in [2.24, 2.45) is 0 Å². The quantitative estimate of drug-likeness (QED) is 0.709. The first-order chi connectivity index (χ1) is 6.50. The van der Waals surface area contributed by atoms with E-state index in [4.69, 9.17) is 11.6 Å². The first kappa shape index (κ1) is 9.76. The van der Waals surface area contributed by atoms with E-state index in [1.165, 1.54) is 0 Å². The van der Waals surface area contributed by atoms with Gasteiger partial charge in [-0.1, -0.05) is 11.6 Å². The number of benzene rings is 1. The maximum Gasteiger partial charge on any atom is 0.244 e. The van der Waals surface area contributed by atoms with Crippen molar-refractivity contribution in [1.29, 1.82) is 0 Å². The molecule has 0 aromatic heterocycles. The van der Waals surface area contributed by atoms with Gasteiger partial charge in [-0.2, -0.15) is 4.72 Å². The molecule has 0 spiro atoms. The van der Waals surface area contributed by atoms with Crippen LogP contribution in [0.5, 0.6) is 0 Å². The molecule has 0 saturated carbocycles. The van der Waals surface area contributed by atoms with Crippen LogP contribution in [0.2, 0.25) is 5.02 Å². The number of nitrogens with one attached hydrogen (secondary N) is 2. The molecule has 0 bridgehead atoms. The van der Waals surface area contributed by atoms with Gasteiger partial charge in [-0.25, -0.2) is 8.42 Å². The minimum absolute atomic E-state index is 0.203. The molecule has 2 N–H and O–H groups in total. The molecule has 0 atom stereocenters. The van der Waals surface area contributed by atoms with Crippen molar-refractivity contribution in [3.8, 4) is 0 Å². The second kappa shape index (κ2) is 3.12. The summed E-state index contributed by atoms with van der Waals surface area (Å²) in [6, 6.07) is 3.19. The Balaban J connectivity index is 2.71. The third-order valence-corrected chi connectivity index (χ3v) is 3.94. The number of anilines is 1. The molecule has 1 heterocycles. The molecule has 0 aliphatic carbocycles. The van der Waals surface area contributed by atoms with Crippen LogP contribution < -0.4 is 10.0 Å². The highest BCUT2D eigenvalue weighted by Gasteiger charge is 2.23. The molecule has 0 radical (unpaired) electrons. The summed E-state index contributed by atoms with van der Waals surface area (Å²) >= 11 is 5.88. The summed E-state index contributed by atoms with van der Waals surface area (Å²) in [5.74, 6) is 0. The van der Waals surface area contributed by atoms with E-state index in [2.05, 4.69) is 10.0 Å². The van der Waals surface area contributed by atoms with Crippen molar-refractivity contribution >= 4 is 27.3 Å². The van der Waals surface area contributed by atoms with E-state index in [9.17, 15) is 8.42 Å². The highest BCUT2D eigenvalue weighted by molar-refractivity contribution is 7.89. The minimum atomic E-state index is -3.35. The van der Waals surface area contributed by atoms with E-state index >= 15 is 0 Å². The lowest BCUT2D eigenvalue weighted by atomic mass is 10.2. The van der Waals surface area contributed by atoms with E-state index in [0.29, 0.717) is 10.7 Å². The van der Waals surface area contributed by atoms with E-state index in [1.807, 2.05) is 0 Å². The molecule has 6 heteroatoms. The zero-order valence-corrected chi connectivity index (χ0v) is 9.04. The van der Waals surface area contributed by atoms with Gasteiger partial charge >= 0.3 is 0 Å². The largest absolute Gasteiger partial charge is 0.370 e. The Bertz CT molecular complexity index is 484. The Morgan fingerprint density at radius 3 is 2.86 bits per heavy atom. The van der Waals surface area contributed by atoms with Crippen molar-refractivity contribution in [1.82, 2.24) is 4.72 Å². The van der Waals surface area contributed by atoms with Crippen LogP contribution in [0.4, 0.5) is 5.69 Å². The summed E-state index contributed by atoms with van der Waals surface area (Å²) in [6.07, 6.45) is 0. The highest BCUT2D eigenvalue weighted by Crippen LogP contribution is 2.29. The summed E-state index contributed by atoms with van der Waals surface area (Å²) in [4.78, 5) is 0.255. The number of fused-ring (bicyclic) bond motifs is 1. The number of hydrogen-bond acceptors (Lipinski definition) is 3. The van der Waals surface area contributed by atoms with E-state index < -0.39 is 10.0 Å². The molecule has 2 rings (SSSR count). The molecule has 0 saturated heterocycles. The molecular weight excluding hydrogens is 224 g/mol. The summed E-state index contributed by atoms with van der Waals surface area (Å²) in [5.41, 5.74) is 1.30. The summed E-state index contributed by atoms with van der Waals surface area (Å²) in [7, 11) is -3.35. The van der Waals surface area contributed by atoms with E-state index in [1.54, 1.807) is 19.1 Å². The fraction of sp³-hybridized carbons (Fsp3) is 0.250. The van der Waals surface area contributed by atoms with Crippen LogP contribution in [-0.2, 0) is 10.0 Å². The lowest BCUT2D eigenvalue weighted by Crippen LogP contribution is -2.34. The van der Waals surface area contributed by atoms with Gasteiger partial charge in [0.15, 0.2) is 0 Å². The molecule has 1 aliphatic heterocycles. The smallest absolute Gasteiger partial charge is 0.244 e. The monoisotopic (exact) mass is 232 g/mol. The molecule has 1 aromatic carbocycles. The van der Waals surface area contributed by atoms with Crippen LogP contribution in [-0.4, -0.2) is 15.1 Å². The van der Waals surface area contributed by atoms with Crippen LogP contribution >= 0.6 is 11.6 Å². The normalized spacial score (nSPS) is 18.4. The zero-order valence-electron chi connectivity index (χ0n) is 7.46. The number of hydrogen-bond donors (Lipinski definition) is 2. The van der Waals surface area contributed by atoms with Gasteiger partial charge < -0.3 is 5.32 Å². The Hall–Kier alpha value is -0.780. The van der Waals surface area contributed by atoms with Crippen LogP contribution in [0.1, 0.15) is 5.56 Å². The second-order valence-corrected chi connectivity index (χ2v) is 5.24. The standard InChI is InChI=1S/C8H9ClN2O2S/c1-5-2-8-7(3-6(5)9)10-4-11-14(8,12)13/h2-3,10-11H,4H2,1H3. The fourth-order valence-corrected chi connectivity index (χ4v) is 2.65. The summed E-state index contributed by atoms with van der Waals surface area (Å²) in [6.45, 7) is 1.97. The molecular formula is C8H9ClN2O2S. The third-order valence-electron chi connectivity index (χ3n) is 2.09. The van der Waals surface area contributed by atoms with Gasteiger partial charge in [-0.15, -0.1) is 0 Å². The molecule has 76 valence electrons. The van der Waals surface area contributed by atoms with Crippen LogP contribution in [0.25, 0.3) is 0 Å². The number of sulfonamides is 1. The first-order valence-corrected chi connectivity index (χ1v) is 5.90. The van der Waals surface area contributed by atoms with Crippen LogP contribution in [0, 0.1) is 6.92 Å². The van der Waals surface area contributed by atoms with Crippen molar-refractivity contribution in [3.05, 3.63) is 22.7 Å². The van der Waals surface area contributed by atoms with Gasteiger partial charge in [0.2, 0.25) is 10.0 Å². The molecule has 4 nitrogen and oxygen atoms in total. The maximum atomic E-state index is 11.5. The molecule has 0 amide bonds. The number of aryl methyl sites for hydroxylation is 1. The summed E-state index contributed by atoms with van der Waals surface area (Å²) < 4.78 is 25.5. The van der Waals surface area contributed by atoms with Crippen molar-refractivity contribution in [3.63, 3.8) is 0 Å².